The van der Waals surface area contributed by atoms with Crippen LogP contribution in [0, 0.1) is 0 Å². The molecule has 1 saturated heterocycles. The molecule has 0 aromatic carbocycles. The Kier molecular flexibility index (Phi) is 5.43. The van der Waals surface area contributed by atoms with Gasteiger partial charge in [0, 0.05) is 29.8 Å². The maximum absolute atomic E-state index is 12.1. The molecule has 0 aliphatic carbocycles. The van der Waals surface area contributed by atoms with E-state index in [2.05, 4.69) is 21.9 Å². The van der Waals surface area contributed by atoms with Gasteiger partial charge < -0.3 is 14.8 Å². The molecule has 8 heteroatoms. The minimum absolute atomic E-state index is 0.296. The molecule has 1 N–H and O–H groups in total. The molecule has 0 bridgehead atoms. The maximum atomic E-state index is 12.1. The van der Waals surface area contributed by atoms with E-state index >= 15 is 0 Å². The number of hydrogen-bond acceptors (Lipinski definition) is 4. The number of amides is 2. The molecule has 0 saturated carbocycles. The summed E-state index contributed by atoms with van der Waals surface area (Å²) in [5, 5.41) is 6.45. The summed E-state index contributed by atoms with van der Waals surface area (Å²) in [7, 11) is 0. The fourth-order valence-corrected chi connectivity index (χ4v) is 2.42. The van der Waals surface area contributed by atoms with E-state index < -0.39 is 6.23 Å². The van der Waals surface area contributed by atoms with Crippen LogP contribution in [-0.4, -0.2) is 42.5 Å². The molecule has 8 nitrogen and oxygen atoms in total. The van der Waals surface area contributed by atoms with Gasteiger partial charge in [-0.25, -0.2) is 4.79 Å². The monoisotopic (exact) mass is 307 g/mol. The topological polar surface area (TPSA) is 99.6 Å². The summed E-state index contributed by atoms with van der Waals surface area (Å²) in [6, 6.07) is -0.645. The number of carbonyl (C=O) groups excluding carboxylic acids is 1. The standard InChI is InChI=1S/C14H21N5O3/c1-4-5-21-8-12-11(17-18-15)6-13(22-12)19-7-9(2)10(3)16-14(19)20/h7,11-13H,3-6,8H2,1-2H3,(H,16,20)/t11?,12-,13-/m1/s1. The highest BCUT2D eigenvalue weighted by atomic mass is 16.6. The molecule has 0 spiro atoms. The molecule has 22 heavy (non-hydrogen) atoms. The van der Waals surface area contributed by atoms with Crippen molar-refractivity contribution in [3.8, 4) is 0 Å². The number of nitrogens with one attached hydrogen (secondary N) is 1. The number of rotatable bonds is 6. The van der Waals surface area contributed by atoms with Crippen molar-refractivity contribution in [1.82, 2.24) is 10.2 Å². The normalized spacial score (nSPS) is 28.2. The summed E-state index contributed by atoms with van der Waals surface area (Å²) in [5.74, 6) is 0. The van der Waals surface area contributed by atoms with Gasteiger partial charge in [0.25, 0.3) is 0 Å². The van der Waals surface area contributed by atoms with E-state index in [1.807, 2.05) is 13.8 Å². The Morgan fingerprint density at radius 2 is 2.45 bits per heavy atom. The third kappa shape index (κ3) is 3.59. The highest BCUT2D eigenvalue weighted by Crippen LogP contribution is 2.28. The van der Waals surface area contributed by atoms with Crippen molar-refractivity contribution < 1.29 is 14.3 Å². The Labute approximate surface area is 129 Å². The highest BCUT2D eigenvalue weighted by molar-refractivity contribution is 5.80. The van der Waals surface area contributed by atoms with Crippen LogP contribution in [0.5, 0.6) is 0 Å². The third-order valence-electron chi connectivity index (χ3n) is 3.65. The lowest BCUT2D eigenvalue weighted by Gasteiger charge is -2.30. The molecule has 3 atom stereocenters. The fourth-order valence-electron chi connectivity index (χ4n) is 2.42. The van der Waals surface area contributed by atoms with Gasteiger partial charge in [-0.2, -0.15) is 0 Å². The van der Waals surface area contributed by atoms with Crippen LogP contribution >= 0.6 is 0 Å². The van der Waals surface area contributed by atoms with Gasteiger partial charge in [0.05, 0.1) is 18.8 Å². The van der Waals surface area contributed by atoms with Gasteiger partial charge in [0.1, 0.15) is 6.23 Å². The average molecular weight is 307 g/mol. The molecule has 0 aromatic rings. The van der Waals surface area contributed by atoms with Crippen molar-refractivity contribution in [3.05, 3.63) is 34.5 Å². The number of azide groups is 1. The van der Waals surface area contributed by atoms with E-state index in [-0.39, 0.29) is 18.2 Å². The Balaban J connectivity index is 2.08. The summed E-state index contributed by atoms with van der Waals surface area (Å²) in [6.07, 6.45) is 2.22. The van der Waals surface area contributed by atoms with E-state index in [0.29, 0.717) is 25.3 Å². The van der Waals surface area contributed by atoms with E-state index in [9.17, 15) is 4.79 Å². The Morgan fingerprint density at radius 3 is 3.14 bits per heavy atom. The number of allylic oxidation sites excluding steroid dienone is 1. The third-order valence-corrected chi connectivity index (χ3v) is 3.65. The van der Waals surface area contributed by atoms with Crippen LogP contribution in [0.4, 0.5) is 4.79 Å². The van der Waals surface area contributed by atoms with Gasteiger partial charge >= 0.3 is 6.03 Å². The molecule has 2 amide bonds. The molecule has 2 aliphatic heterocycles. The summed E-state index contributed by atoms with van der Waals surface area (Å²) in [5.41, 5.74) is 10.1. The zero-order valence-electron chi connectivity index (χ0n) is 12.9. The van der Waals surface area contributed by atoms with Gasteiger partial charge in [-0.3, -0.25) is 4.90 Å². The maximum Gasteiger partial charge on any atom is 0.327 e. The number of carbonyl (C=O) groups is 1. The predicted molar refractivity (Wildman–Crippen MR) is 80.6 cm³/mol. The van der Waals surface area contributed by atoms with Crippen LogP contribution in [-0.2, 0) is 9.47 Å². The summed E-state index contributed by atoms with van der Waals surface area (Å²) in [6.45, 7) is 8.60. The number of hydrogen-bond donors (Lipinski definition) is 1. The van der Waals surface area contributed by atoms with E-state index in [0.717, 1.165) is 12.0 Å². The Hall–Kier alpha value is -2.02. The van der Waals surface area contributed by atoms with Crippen molar-refractivity contribution in [2.24, 2.45) is 5.11 Å². The molecular weight excluding hydrogens is 286 g/mol. The van der Waals surface area contributed by atoms with Gasteiger partial charge in [-0.05, 0) is 24.4 Å². The van der Waals surface area contributed by atoms with E-state index in [1.54, 1.807) is 6.20 Å². The molecule has 1 unspecified atom stereocenters. The van der Waals surface area contributed by atoms with Crippen LogP contribution in [0.2, 0.25) is 0 Å². The van der Waals surface area contributed by atoms with Gasteiger partial charge in [0.2, 0.25) is 0 Å². The zero-order chi connectivity index (χ0) is 16.1. The van der Waals surface area contributed by atoms with Crippen molar-refractivity contribution in [3.63, 3.8) is 0 Å². The van der Waals surface area contributed by atoms with Crippen molar-refractivity contribution >= 4 is 6.03 Å². The molecule has 2 aliphatic rings. The Morgan fingerprint density at radius 1 is 1.68 bits per heavy atom. The van der Waals surface area contributed by atoms with Crippen LogP contribution in [0.25, 0.3) is 10.4 Å². The molecule has 120 valence electrons. The summed E-state index contributed by atoms with van der Waals surface area (Å²) in [4.78, 5) is 16.4. The molecule has 0 aromatic heterocycles. The highest BCUT2D eigenvalue weighted by Gasteiger charge is 2.40. The first kappa shape index (κ1) is 16.4. The molecule has 2 rings (SSSR count). The lowest BCUT2D eigenvalue weighted by atomic mass is 10.1. The first-order valence-corrected chi connectivity index (χ1v) is 7.31. The molecule has 1 fully saturated rings. The lowest BCUT2D eigenvalue weighted by Crippen LogP contribution is -2.45. The van der Waals surface area contributed by atoms with Crippen molar-refractivity contribution in [1.29, 1.82) is 0 Å². The quantitative estimate of drug-likeness (QED) is 0.353. The van der Waals surface area contributed by atoms with Crippen LogP contribution in [0.3, 0.4) is 0 Å². The van der Waals surface area contributed by atoms with Gasteiger partial charge in [0.15, 0.2) is 0 Å². The number of nitrogens with zero attached hydrogens (tertiary/aromatic N) is 4. The largest absolute Gasteiger partial charge is 0.379 e. The first-order chi connectivity index (χ1) is 10.6. The van der Waals surface area contributed by atoms with Gasteiger partial charge in [-0.15, -0.1) is 0 Å². The molecule has 0 radical (unpaired) electrons. The first-order valence-electron chi connectivity index (χ1n) is 7.31. The van der Waals surface area contributed by atoms with Crippen molar-refractivity contribution in [2.45, 2.75) is 45.1 Å². The SMILES string of the molecule is C=C1NC(=O)N([C@H]2CC(N=[N+]=[N-])[C@@H](COCCC)O2)C=C1C. The predicted octanol–water partition coefficient (Wildman–Crippen LogP) is 2.65. The number of urea groups is 1. The fraction of sp³-hybridized carbons (Fsp3) is 0.643. The average Bonchev–Trinajstić information content (AvgIpc) is 2.87. The zero-order valence-corrected chi connectivity index (χ0v) is 12.9. The minimum atomic E-state index is -0.478. The van der Waals surface area contributed by atoms with E-state index in [1.165, 1.54) is 4.90 Å². The van der Waals surface area contributed by atoms with Crippen molar-refractivity contribution in [2.75, 3.05) is 13.2 Å². The second-order valence-electron chi connectivity index (χ2n) is 5.34. The Bertz CT molecular complexity index is 527. The smallest absolute Gasteiger partial charge is 0.327 e. The van der Waals surface area contributed by atoms with Crippen LogP contribution < -0.4 is 5.32 Å². The molecular formula is C14H21N5O3. The molecule has 2 heterocycles. The summed E-state index contributed by atoms with van der Waals surface area (Å²) < 4.78 is 11.4. The van der Waals surface area contributed by atoms with Crippen LogP contribution in [0.1, 0.15) is 26.7 Å². The lowest BCUT2D eigenvalue weighted by molar-refractivity contribution is -0.0536. The second kappa shape index (κ2) is 7.31. The van der Waals surface area contributed by atoms with Gasteiger partial charge in [-0.1, -0.05) is 18.6 Å². The van der Waals surface area contributed by atoms with E-state index in [4.69, 9.17) is 15.0 Å². The minimum Gasteiger partial charge on any atom is -0.379 e. The van der Waals surface area contributed by atoms with Crippen LogP contribution in [0.15, 0.2) is 29.2 Å². The summed E-state index contributed by atoms with van der Waals surface area (Å²) >= 11 is 0. The second-order valence-corrected chi connectivity index (χ2v) is 5.34. The number of ether oxygens (including phenoxy) is 2.